The van der Waals surface area contributed by atoms with Gasteiger partial charge in [0.25, 0.3) is 5.56 Å². The summed E-state index contributed by atoms with van der Waals surface area (Å²) >= 11 is 0. The maximum absolute atomic E-state index is 11.9. The minimum absolute atomic E-state index is 0.280. The summed E-state index contributed by atoms with van der Waals surface area (Å²) in [5, 5.41) is 0. The number of H-pyrrole nitrogens is 1. The van der Waals surface area contributed by atoms with E-state index in [1.54, 1.807) is 14.0 Å². The molecule has 0 saturated carbocycles. The minimum Gasteiger partial charge on any atom is -0.493 e. The predicted octanol–water partition coefficient (Wildman–Crippen LogP) is 1.38. The maximum atomic E-state index is 11.9. The van der Waals surface area contributed by atoms with E-state index in [1.165, 1.54) is 10.6 Å². The van der Waals surface area contributed by atoms with E-state index in [4.69, 9.17) is 9.47 Å². The van der Waals surface area contributed by atoms with Crippen LogP contribution in [0.1, 0.15) is 18.2 Å². The van der Waals surface area contributed by atoms with Crippen LogP contribution in [0.3, 0.4) is 0 Å². The predicted molar refractivity (Wildman–Crippen MR) is 96.6 cm³/mol. The molecule has 1 aromatic carbocycles. The average Bonchev–Trinajstić information content (AvgIpc) is 2.54. The van der Waals surface area contributed by atoms with Crippen molar-refractivity contribution in [2.45, 2.75) is 26.9 Å². The molecule has 25 heavy (non-hydrogen) atoms. The Labute approximate surface area is 146 Å². The van der Waals surface area contributed by atoms with Gasteiger partial charge in [-0.3, -0.25) is 9.36 Å². The Kier molecular flexibility index (Phi) is 6.41. The van der Waals surface area contributed by atoms with Crippen LogP contribution in [0, 0.1) is 6.92 Å². The van der Waals surface area contributed by atoms with Crippen LogP contribution in [0.15, 0.2) is 33.9 Å². The van der Waals surface area contributed by atoms with Gasteiger partial charge in [0.2, 0.25) is 0 Å². The summed E-state index contributed by atoms with van der Waals surface area (Å²) in [5.74, 6) is 1.41. The van der Waals surface area contributed by atoms with Gasteiger partial charge in [-0.15, -0.1) is 0 Å². The van der Waals surface area contributed by atoms with Crippen LogP contribution in [0.4, 0.5) is 0 Å². The molecule has 2 rings (SSSR count). The van der Waals surface area contributed by atoms with E-state index in [0.29, 0.717) is 43.4 Å². The molecule has 0 spiro atoms. The highest BCUT2D eigenvalue weighted by atomic mass is 16.5. The van der Waals surface area contributed by atoms with Gasteiger partial charge in [0.1, 0.15) is 0 Å². The topological polar surface area (TPSA) is 76.6 Å². The molecule has 0 aliphatic heterocycles. The van der Waals surface area contributed by atoms with Crippen LogP contribution in [-0.2, 0) is 13.1 Å². The molecule has 0 fully saturated rings. The second kappa shape index (κ2) is 8.53. The van der Waals surface area contributed by atoms with Crippen molar-refractivity contribution in [2.75, 3.05) is 27.3 Å². The SMILES string of the molecule is CCOc1cc(CN(C)CCn2c(=O)cc(C)[nH]c2=O)ccc1OC. The van der Waals surface area contributed by atoms with E-state index < -0.39 is 0 Å². The van der Waals surface area contributed by atoms with Crippen molar-refractivity contribution in [1.82, 2.24) is 14.5 Å². The minimum atomic E-state index is -0.374. The largest absolute Gasteiger partial charge is 0.493 e. The molecule has 0 radical (unpaired) electrons. The molecular formula is C18H25N3O4. The van der Waals surface area contributed by atoms with Crippen LogP contribution < -0.4 is 20.7 Å². The number of methoxy groups -OCH3 is 1. The summed E-state index contributed by atoms with van der Waals surface area (Å²) in [6.07, 6.45) is 0. The standard InChI is InChI=1S/C18H25N3O4/c1-5-25-16-11-14(6-7-15(16)24-4)12-20(3)8-9-21-17(22)10-13(2)19-18(21)23/h6-7,10-11H,5,8-9,12H2,1-4H3,(H,19,23). The van der Waals surface area contributed by atoms with Crippen molar-refractivity contribution in [3.8, 4) is 11.5 Å². The Morgan fingerprint density at radius 1 is 1.20 bits per heavy atom. The zero-order valence-electron chi connectivity index (χ0n) is 15.2. The molecule has 0 bridgehead atoms. The Morgan fingerprint density at radius 3 is 2.60 bits per heavy atom. The number of nitrogens with one attached hydrogen (secondary N) is 1. The normalized spacial score (nSPS) is 10.9. The summed E-state index contributed by atoms with van der Waals surface area (Å²) in [5.41, 5.74) is 0.984. The molecule has 136 valence electrons. The van der Waals surface area contributed by atoms with Gasteiger partial charge in [-0.1, -0.05) is 6.07 Å². The van der Waals surface area contributed by atoms with Crippen molar-refractivity contribution < 1.29 is 9.47 Å². The lowest BCUT2D eigenvalue weighted by molar-refractivity contribution is 0.299. The monoisotopic (exact) mass is 347 g/mol. The number of benzene rings is 1. The van der Waals surface area contributed by atoms with Crippen molar-refractivity contribution in [3.63, 3.8) is 0 Å². The van der Waals surface area contributed by atoms with Gasteiger partial charge >= 0.3 is 5.69 Å². The first-order valence-electron chi connectivity index (χ1n) is 8.23. The van der Waals surface area contributed by atoms with Gasteiger partial charge in [0.05, 0.1) is 13.7 Å². The first-order chi connectivity index (χ1) is 11.9. The molecule has 1 aromatic heterocycles. The van der Waals surface area contributed by atoms with Gasteiger partial charge in [-0.2, -0.15) is 0 Å². The second-order valence-electron chi connectivity index (χ2n) is 5.90. The summed E-state index contributed by atoms with van der Waals surface area (Å²) in [6.45, 7) is 5.76. The molecule has 2 aromatic rings. The number of hydrogen-bond acceptors (Lipinski definition) is 5. The van der Waals surface area contributed by atoms with Crippen molar-refractivity contribution in [1.29, 1.82) is 0 Å². The lowest BCUT2D eigenvalue weighted by atomic mass is 10.2. The second-order valence-corrected chi connectivity index (χ2v) is 5.90. The molecule has 1 heterocycles. The molecule has 0 amide bonds. The van der Waals surface area contributed by atoms with Crippen molar-refractivity contribution in [2.24, 2.45) is 0 Å². The molecule has 0 aliphatic carbocycles. The van der Waals surface area contributed by atoms with Gasteiger partial charge in [0.15, 0.2) is 11.5 Å². The number of hydrogen-bond donors (Lipinski definition) is 1. The number of ether oxygens (including phenoxy) is 2. The first kappa shape index (κ1) is 18.8. The molecule has 1 N–H and O–H groups in total. The van der Waals surface area contributed by atoms with Crippen LogP contribution in [0.2, 0.25) is 0 Å². The Bertz CT molecular complexity index is 795. The first-order valence-corrected chi connectivity index (χ1v) is 8.23. The summed E-state index contributed by atoms with van der Waals surface area (Å²) < 4.78 is 12.1. The lowest BCUT2D eigenvalue weighted by Crippen LogP contribution is -2.38. The fraction of sp³-hybridized carbons (Fsp3) is 0.444. The third-order valence-corrected chi connectivity index (χ3v) is 3.84. The van der Waals surface area contributed by atoms with Crippen LogP contribution in [-0.4, -0.2) is 41.8 Å². The quantitative estimate of drug-likeness (QED) is 0.781. The van der Waals surface area contributed by atoms with E-state index >= 15 is 0 Å². The maximum Gasteiger partial charge on any atom is 0.328 e. The number of aryl methyl sites for hydroxylation is 1. The van der Waals surface area contributed by atoms with E-state index in [9.17, 15) is 9.59 Å². The fourth-order valence-electron chi connectivity index (χ4n) is 2.60. The van der Waals surface area contributed by atoms with E-state index in [-0.39, 0.29) is 11.2 Å². The van der Waals surface area contributed by atoms with E-state index in [1.807, 2.05) is 37.1 Å². The third kappa shape index (κ3) is 4.96. The van der Waals surface area contributed by atoms with Crippen molar-refractivity contribution in [3.05, 3.63) is 56.4 Å². The fourth-order valence-corrected chi connectivity index (χ4v) is 2.60. The third-order valence-electron chi connectivity index (χ3n) is 3.84. The lowest BCUT2D eigenvalue weighted by Gasteiger charge is -2.18. The number of aromatic amines is 1. The summed E-state index contributed by atoms with van der Waals surface area (Å²) in [6, 6.07) is 7.23. The Hall–Kier alpha value is -2.54. The Morgan fingerprint density at radius 2 is 1.96 bits per heavy atom. The van der Waals surface area contributed by atoms with Gasteiger partial charge in [-0.25, -0.2) is 4.79 Å². The van der Waals surface area contributed by atoms with Gasteiger partial charge in [-0.05, 0) is 38.6 Å². The molecule has 0 saturated heterocycles. The zero-order chi connectivity index (χ0) is 18.4. The average molecular weight is 347 g/mol. The molecule has 0 atom stereocenters. The number of likely N-dealkylation sites (N-methyl/N-ethyl adjacent to an activating group) is 1. The number of nitrogens with zero attached hydrogens (tertiary/aromatic N) is 2. The highest BCUT2D eigenvalue weighted by Gasteiger charge is 2.09. The highest BCUT2D eigenvalue weighted by molar-refractivity contribution is 5.42. The Balaban J connectivity index is 2.03. The van der Waals surface area contributed by atoms with E-state index in [2.05, 4.69) is 4.98 Å². The van der Waals surface area contributed by atoms with Crippen molar-refractivity contribution >= 4 is 0 Å². The van der Waals surface area contributed by atoms with Crippen LogP contribution in [0.5, 0.6) is 11.5 Å². The molecule has 7 heteroatoms. The molecule has 7 nitrogen and oxygen atoms in total. The molecule has 0 unspecified atom stereocenters. The number of aromatic nitrogens is 2. The van der Waals surface area contributed by atoms with Crippen LogP contribution in [0.25, 0.3) is 0 Å². The van der Waals surface area contributed by atoms with E-state index in [0.717, 1.165) is 5.56 Å². The number of rotatable bonds is 8. The molecular weight excluding hydrogens is 322 g/mol. The zero-order valence-corrected chi connectivity index (χ0v) is 15.2. The molecule has 0 aliphatic rings. The summed E-state index contributed by atoms with van der Waals surface area (Å²) in [7, 11) is 3.55. The smallest absolute Gasteiger partial charge is 0.328 e. The highest BCUT2D eigenvalue weighted by Crippen LogP contribution is 2.28. The van der Waals surface area contributed by atoms with Crippen LogP contribution >= 0.6 is 0 Å². The van der Waals surface area contributed by atoms with Gasteiger partial charge < -0.3 is 19.4 Å². The summed E-state index contributed by atoms with van der Waals surface area (Å²) in [4.78, 5) is 28.5. The van der Waals surface area contributed by atoms with Gasteiger partial charge in [0, 0.05) is 31.4 Å².